The molecule has 13 heteroatoms. The molecule has 1 amide bonds. The monoisotopic (exact) mass is 598 g/mol. The van der Waals surface area contributed by atoms with Crippen molar-refractivity contribution in [3.8, 4) is 17.3 Å². The Morgan fingerprint density at radius 1 is 1.10 bits per heavy atom. The molecule has 11 nitrogen and oxygen atoms in total. The van der Waals surface area contributed by atoms with E-state index in [2.05, 4.69) is 15.1 Å². The Kier molecular flexibility index (Phi) is 9.23. The van der Waals surface area contributed by atoms with Crippen LogP contribution < -0.4 is 14.8 Å². The van der Waals surface area contributed by atoms with Crippen molar-refractivity contribution in [2.24, 2.45) is 0 Å². The van der Waals surface area contributed by atoms with Gasteiger partial charge in [-0.1, -0.05) is 23.8 Å². The van der Waals surface area contributed by atoms with Crippen LogP contribution >= 0.6 is 11.3 Å². The van der Waals surface area contributed by atoms with Crippen LogP contribution in [-0.2, 0) is 14.8 Å². The molecule has 0 fully saturated rings. The fraction of sp³-hybridized carbons (Fsp3) is 0.250. The van der Waals surface area contributed by atoms with Gasteiger partial charge in [-0.2, -0.15) is 9.78 Å². The van der Waals surface area contributed by atoms with E-state index in [1.54, 1.807) is 30.5 Å². The number of aryl methyl sites for hydroxylation is 2. The molecule has 0 aliphatic heterocycles. The zero-order chi connectivity index (χ0) is 29.7. The normalized spacial score (nSPS) is 11.4. The highest BCUT2D eigenvalue weighted by atomic mass is 32.2. The zero-order valence-electron chi connectivity index (χ0n) is 22.9. The quantitative estimate of drug-likeness (QED) is 0.195. The summed E-state index contributed by atoms with van der Waals surface area (Å²) in [5, 5.41) is 18.5. The lowest BCUT2D eigenvalue weighted by atomic mass is 10.1. The van der Waals surface area contributed by atoms with Crippen molar-refractivity contribution in [3.05, 3.63) is 81.2 Å². The molecule has 41 heavy (non-hydrogen) atoms. The summed E-state index contributed by atoms with van der Waals surface area (Å²) in [6.45, 7) is 5.78. The van der Waals surface area contributed by atoms with Gasteiger partial charge in [0.2, 0.25) is 15.9 Å². The second-order valence-electron chi connectivity index (χ2n) is 9.22. The van der Waals surface area contributed by atoms with Gasteiger partial charge in [-0.15, -0.1) is 11.3 Å². The number of rotatable bonds is 12. The average molecular weight is 599 g/mol. The number of aromatic carboxylic acids is 1. The van der Waals surface area contributed by atoms with E-state index in [1.807, 2.05) is 26.0 Å². The molecule has 2 aromatic carbocycles. The van der Waals surface area contributed by atoms with E-state index in [9.17, 15) is 23.1 Å². The minimum Gasteiger partial charge on any atom is -0.476 e. The number of carbonyl (C=O) groups excluding carboxylic acids is 1. The van der Waals surface area contributed by atoms with Crippen LogP contribution in [0.3, 0.4) is 0 Å². The first-order valence-electron chi connectivity index (χ1n) is 12.6. The van der Waals surface area contributed by atoms with Crippen molar-refractivity contribution in [1.82, 2.24) is 14.5 Å². The summed E-state index contributed by atoms with van der Waals surface area (Å²) in [6, 6.07) is 13.2. The molecule has 0 saturated heterocycles. The Labute approximate surface area is 241 Å². The lowest BCUT2D eigenvalue weighted by Crippen LogP contribution is -2.26. The molecule has 3 N–H and O–H groups in total. The lowest BCUT2D eigenvalue weighted by molar-refractivity contribution is 0.0689. The number of nitrogens with zero attached hydrogens (tertiary/aromatic N) is 2. The van der Waals surface area contributed by atoms with Crippen molar-refractivity contribution in [3.63, 3.8) is 0 Å². The minimum absolute atomic E-state index is 0.0422. The number of ether oxygens (including phenoxy) is 2. The average Bonchev–Trinajstić information content (AvgIpc) is 3.57. The maximum Gasteiger partial charge on any atom is 0.356 e. The number of nitrogens with one attached hydrogen (secondary N) is 2. The summed E-state index contributed by atoms with van der Waals surface area (Å²) in [5.74, 6) is -1.68. The topological polar surface area (TPSA) is 149 Å². The predicted molar refractivity (Wildman–Crippen MR) is 155 cm³/mol. The number of methoxy groups -OCH3 is 1. The van der Waals surface area contributed by atoms with Crippen molar-refractivity contribution >= 4 is 38.9 Å². The van der Waals surface area contributed by atoms with Gasteiger partial charge in [0.15, 0.2) is 5.69 Å². The van der Waals surface area contributed by atoms with Gasteiger partial charge in [-0.3, -0.25) is 4.79 Å². The largest absolute Gasteiger partial charge is 0.476 e. The Balaban J connectivity index is 1.80. The SMILES string of the molecule is COCCCNS(=O)(=O)c1cc(NC(=O)c2cccs2)ccc1Oc1c(C)c(C(=O)O)nn1-c1ccc(C)cc1C. The van der Waals surface area contributed by atoms with E-state index in [-0.39, 0.29) is 45.9 Å². The minimum atomic E-state index is -4.14. The molecule has 0 unspecified atom stereocenters. The number of sulfonamides is 1. The van der Waals surface area contributed by atoms with Crippen molar-refractivity contribution in [1.29, 1.82) is 0 Å². The number of carboxylic acids is 1. The van der Waals surface area contributed by atoms with Crippen molar-refractivity contribution in [2.45, 2.75) is 32.1 Å². The maximum atomic E-state index is 13.5. The van der Waals surface area contributed by atoms with Crippen LogP contribution in [-0.4, -0.2) is 55.4 Å². The third kappa shape index (κ3) is 6.82. The van der Waals surface area contributed by atoms with Crippen LogP contribution in [0.4, 0.5) is 5.69 Å². The number of amides is 1. The fourth-order valence-corrected chi connectivity index (χ4v) is 5.94. The number of hydrogen-bond donors (Lipinski definition) is 3. The van der Waals surface area contributed by atoms with Crippen LogP contribution in [0, 0.1) is 20.8 Å². The summed E-state index contributed by atoms with van der Waals surface area (Å²) < 4.78 is 42.0. The van der Waals surface area contributed by atoms with Crippen molar-refractivity contribution in [2.75, 3.05) is 25.6 Å². The first-order chi connectivity index (χ1) is 19.5. The summed E-state index contributed by atoms with van der Waals surface area (Å²) in [7, 11) is -2.62. The van der Waals surface area contributed by atoms with Gasteiger partial charge in [0.05, 0.1) is 10.6 Å². The highest BCUT2D eigenvalue weighted by molar-refractivity contribution is 7.89. The molecule has 0 atom stereocenters. The Morgan fingerprint density at radius 3 is 2.54 bits per heavy atom. The van der Waals surface area contributed by atoms with E-state index < -0.39 is 16.0 Å². The molecular weight excluding hydrogens is 568 g/mol. The van der Waals surface area contributed by atoms with Crippen molar-refractivity contribution < 1.29 is 32.6 Å². The molecule has 0 bridgehead atoms. The van der Waals surface area contributed by atoms with E-state index in [0.717, 1.165) is 11.1 Å². The number of carbonyl (C=O) groups is 2. The second kappa shape index (κ2) is 12.6. The number of thiophene rings is 1. The highest BCUT2D eigenvalue weighted by Crippen LogP contribution is 2.36. The number of hydrogen-bond acceptors (Lipinski definition) is 8. The predicted octanol–water partition coefficient (Wildman–Crippen LogP) is 4.92. The molecule has 2 heterocycles. The number of anilines is 1. The van der Waals surface area contributed by atoms with Crippen LogP contribution in [0.2, 0.25) is 0 Å². The summed E-state index contributed by atoms with van der Waals surface area (Å²) >= 11 is 1.25. The zero-order valence-corrected chi connectivity index (χ0v) is 24.6. The molecule has 0 radical (unpaired) electrons. The first kappa shape index (κ1) is 29.9. The Hall–Kier alpha value is -4.04. The molecular formula is C28H30N4O7S2. The molecule has 2 aromatic heterocycles. The Morgan fingerprint density at radius 2 is 1.88 bits per heavy atom. The fourth-order valence-electron chi connectivity index (χ4n) is 4.10. The smallest absolute Gasteiger partial charge is 0.356 e. The van der Waals surface area contributed by atoms with Crippen LogP contribution in [0.5, 0.6) is 11.6 Å². The third-order valence-electron chi connectivity index (χ3n) is 6.11. The van der Waals surface area contributed by atoms with E-state index in [4.69, 9.17) is 9.47 Å². The summed E-state index contributed by atoms with van der Waals surface area (Å²) in [4.78, 5) is 24.8. The summed E-state index contributed by atoms with van der Waals surface area (Å²) in [6.07, 6.45) is 0.432. The van der Waals surface area contributed by atoms with Gasteiger partial charge in [-0.05, 0) is 68.5 Å². The number of aromatic nitrogens is 2. The second-order valence-corrected chi connectivity index (χ2v) is 11.9. The number of benzene rings is 2. The highest BCUT2D eigenvalue weighted by Gasteiger charge is 2.27. The van der Waals surface area contributed by atoms with Gasteiger partial charge >= 0.3 is 5.97 Å². The maximum absolute atomic E-state index is 13.5. The van der Waals surface area contributed by atoms with Crippen LogP contribution in [0.1, 0.15) is 43.3 Å². The molecule has 0 spiro atoms. The summed E-state index contributed by atoms with van der Waals surface area (Å²) in [5.41, 5.74) is 2.60. The standard InChI is InChI=1S/C28H30N4O7S2/c1-17-8-10-21(18(2)15-17)32-27(19(3)25(31-32)28(34)35)39-22-11-9-20(30-26(33)23-7-5-14-40-23)16-24(22)41(36,37)29-12-6-13-38-4/h5,7-11,14-16,29H,6,12-13H2,1-4H3,(H,30,33)(H,34,35). The van der Waals surface area contributed by atoms with Gasteiger partial charge in [0.1, 0.15) is 10.6 Å². The van der Waals surface area contributed by atoms with E-state index >= 15 is 0 Å². The third-order valence-corrected chi connectivity index (χ3v) is 8.46. The van der Waals surface area contributed by atoms with E-state index in [1.165, 1.54) is 41.3 Å². The van der Waals surface area contributed by atoms with Gasteiger partial charge < -0.3 is 19.9 Å². The van der Waals surface area contributed by atoms with Gasteiger partial charge in [0.25, 0.3) is 5.91 Å². The van der Waals surface area contributed by atoms with Gasteiger partial charge in [-0.25, -0.2) is 17.9 Å². The first-order valence-corrected chi connectivity index (χ1v) is 14.9. The lowest BCUT2D eigenvalue weighted by Gasteiger charge is -2.16. The molecule has 216 valence electrons. The van der Waals surface area contributed by atoms with E-state index in [0.29, 0.717) is 23.6 Å². The van der Waals surface area contributed by atoms with Gasteiger partial charge in [0, 0.05) is 31.5 Å². The molecule has 0 aliphatic rings. The number of carboxylic acid groups (broad SMARTS) is 1. The molecule has 4 aromatic rings. The van der Waals surface area contributed by atoms with Crippen LogP contribution in [0.25, 0.3) is 5.69 Å². The molecule has 0 aliphatic carbocycles. The van der Waals surface area contributed by atoms with Crippen LogP contribution in [0.15, 0.2) is 58.8 Å². The molecule has 4 rings (SSSR count). The Bertz CT molecular complexity index is 1680. The molecule has 0 saturated carbocycles.